The van der Waals surface area contributed by atoms with E-state index in [-0.39, 0.29) is 11.7 Å². The smallest absolute Gasteiger partial charge is 0.238 e. The Bertz CT molecular complexity index is 570. The van der Waals surface area contributed by atoms with Crippen molar-refractivity contribution in [3.63, 3.8) is 0 Å². The second-order valence-electron chi connectivity index (χ2n) is 7.24. The Morgan fingerprint density at radius 1 is 1.36 bits per heavy atom. The number of carbonyl (C=O) groups is 1. The van der Waals surface area contributed by atoms with E-state index in [1.807, 2.05) is 7.05 Å². The molecule has 0 unspecified atom stereocenters. The van der Waals surface area contributed by atoms with Crippen molar-refractivity contribution in [2.24, 2.45) is 5.92 Å². The van der Waals surface area contributed by atoms with Gasteiger partial charge < -0.3 is 15.0 Å². The Morgan fingerprint density at radius 2 is 2.16 bits per heavy atom. The minimum absolute atomic E-state index is 0.0985. The quantitative estimate of drug-likeness (QED) is 0.855. The summed E-state index contributed by atoms with van der Waals surface area (Å²) in [6, 6.07) is 6.43. The number of carbonyl (C=O) groups excluding carboxylic acids is 1. The van der Waals surface area contributed by atoms with Crippen molar-refractivity contribution < 1.29 is 13.9 Å². The van der Waals surface area contributed by atoms with Gasteiger partial charge in [-0.15, -0.1) is 0 Å². The van der Waals surface area contributed by atoms with Crippen LogP contribution in [-0.4, -0.2) is 68.2 Å². The second kappa shape index (κ2) is 8.74. The molecule has 2 aliphatic rings. The maximum Gasteiger partial charge on any atom is 0.238 e. The van der Waals surface area contributed by atoms with Gasteiger partial charge in [-0.1, -0.05) is 6.07 Å². The molecule has 1 aromatic carbocycles. The monoisotopic (exact) mass is 349 g/mol. The van der Waals surface area contributed by atoms with Crippen LogP contribution in [0.1, 0.15) is 19.3 Å². The van der Waals surface area contributed by atoms with Crippen LogP contribution < -0.4 is 5.32 Å². The predicted molar refractivity (Wildman–Crippen MR) is 96.0 cm³/mol. The van der Waals surface area contributed by atoms with Gasteiger partial charge in [-0.2, -0.15) is 0 Å². The molecule has 1 aromatic rings. The number of amides is 1. The van der Waals surface area contributed by atoms with Crippen LogP contribution in [0.2, 0.25) is 0 Å². The molecule has 0 aromatic heterocycles. The molecule has 25 heavy (non-hydrogen) atoms. The zero-order chi connectivity index (χ0) is 17.6. The number of ether oxygens (including phenoxy) is 1. The van der Waals surface area contributed by atoms with E-state index in [9.17, 15) is 9.18 Å². The maximum absolute atomic E-state index is 13.2. The second-order valence-corrected chi connectivity index (χ2v) is 7.24. The summed E-state index contributed by atoms with van der Waals surface area (Å²) in [5.74, 6) is 0.246. The molecule has 1 atom stereocenters. The summed E-state index contributed by atoms with van der Waals surface area (Å²) in [6.45, 7) is 5.44. The SMILES string of the molecule is CN(CC(=O)Nc1cccc(F)c1)C1CCN(C[C@H]2CCOC2)CC1. The molecule has 3 rings (SSSR count). The summed E-state index contributed by atoms with van der Waals surface area (Å²) in [5.41, 5.74) is 0.506. The van der Waals surface area contributed by atoms with E-state index < -0.39 is 0 Å². The summed E-state index contributed by atoms with van der Waals surface area (Å²) < 4.78 is 18.6. The highest BCUT2D eigenvalue weighted by atomic mass is 19.1. The zero-order valence-electron chi connectivity index (χ0n) is 14.9. The van der Waals surface area contributed by atoms with Crippen LogP contribution in [0, 0.1) is 11.7 Å². The van der Waals surface area contributed by atoms with Crippen molar-refractivity contribution in [2.75, 3.05) is 51.8 Å². The minimum atomic E-state index is -0.341. The van der Waals surface area contributed by atoms with Crippen LogP contribution in [-0.2, 0) is 9.53 Å². The Morgan fingerprint density at radius 3 is 2.84 bits per heavy atom. The lowest BCUT2D eigenvalue weighted by Gasteiger charge is -2.37. The Labute approximate surface area is 149 Å². The van der Waals surface area contributed by atoms with E-state index >= 15 is 0 Å². The van der Waals surface area contributed by atoms with Gasteiger partial charge in [0.2, 0.25) is 5.91 Å². The Hall–Kier alpha value is -1.50. The number of halogens is 1. The predicted octanol–water partition coefficient (Wildman–Crippen LogP) is 2.20. The van der Waals surface area contributed by atoms with Gasteiger partial charge in [0.05, 0.1) is 13.2 Å². The first-order valence-electron chi connectivity index (χ1n) is 9.16. The Balaban J connectivity index is 1.39. The first-order chi connectivity index (χ1) is 12.1. The number of piperidine rings is 1. The van der Waals surface area contributed by atoms with Crippen LogP contribution in [0.5, 0.6) is 0 Å². The highest BCUT2D eigenvalue weighted by Gasteiger charge is 2.26. The summed E-state index contributed by atoms with van der Waals surface area (Å²) in [7, 11) is 2.00. The summed E-state index contributed by atoms with van der Waals surface area (Å²) in [6.07, 6.45) is 3.34. The van der Waals surface area contributed by atoms with Gasteiger partial charge in [-0.25, -0.2) is 4.39 Å². The fraction of sp³-hybridized carbons (Fsp3) is 0.632. The molecule has 1 N–H and O–H groups in total. The molecule has 2 fully saturated rings. The van der Waals surface area contributed by atoms with Crippen LogP contribution in [0.15, 0.2) is 24.3 Å². The van der Waals surface area contributed by atoms with Crippen molar-refractivity contribution in [2.45, 2.75) is 25.3 Å². The maximum atomic E-state index is 13.2. The van der Waals surface area contributed by atoms with Gasteiger partial charge in [-0.05, 0) is 63.5 Å². The first-order valence-corrected chi connectivity index (χ1v) is 9.16. The fourth-order valence-electron chi connectivity index (χ4n) is 3.76. The molecular weight excluding hydrogens is 321 g/mol. The number of nitrogens with zero attached hydrogens (tertiary/aromatic N) is 2. The normalized spacial score (nSPS) is 22.4. The molecule has 2 heterocycles. The van der Waals surface area contributed by atoms with Crippen LogP contribution >= 0.6 is 0 Å². The highest BCUT2D eigenvalue weighted by molar-refractivity contribution is 5.92. The number of anilines is 1. The van der Waals surface area contributed by atoms with E-state index in [4.69, 9.17) is 4.74 Å². The Kier molecular flexibility index (Phi) is 6.39. The van der Waals surface area contributed by atoms with Crippen molar-refractivity contribution in [3.05, 3.63) is 30.1 Å². The lowest BCUT2D eigenvalue weighted by atomic mass is 10.0. The number of likely N-dealkylation sites (N-methyl/N-ethyl adjacent to an activating group) is 1. The highest BCUT2D eigenvalue weighted by Crippen LogP contribution is 2.20. The third kappa shape index (κ3) is 5.49. The molecule has 1 amide bonds. The summed E-state index contributed by atoms with van der Waals surface area (Å²) in [4.78, 5) is 16.8. The van der Waals surface area contributed by atoms with Gasteiger partial charge in [-0.3, -0.25) is 9.69 Å². The third-order valence-corrected chi connectivity index (χ3v) is 5.22. The largest absolute Gasteiger partial charge is 0.381 e. The number of likely N-dealkylation sites (tertiary alicyclic amines) is 1. The van der Waals surface area contributed by atoms with Gasteiger partial charge >= 0.3 is 0 Å². The molecule has 2 aliphatic heterocycles. The first kappa shape index (κ1) is 18.3. The molecular formula is C19H28FN3O2. The molecule has 0 radical (unpaired) electrons. The molecule has 5 nitrogen and oxygen atoms in total. The van der Waals surface area contributed by atoms with Crippen molar-refractivity contribution in [1.29, 1.82) is 0 Å². The number of nitrogens with one attached hydrogen (secondary N) is 1. The van der Waals surface area contributed by atoms with Crippen molar-refractivity contribution >= 4 is 11.6 Å². The number of hydrogen-bond donors (Lipinski definition) is 1. The van der Waals surface area contributed by atoms with E-state index in [2.05, 4.69) is 15.1 Å². The molecule has 0 spiro atoms. The molecule has 0 saturated carbocycles. The van der Waals surface area contributed by atoms with E-state index in [1.165, 1.54) is 18.6 Å². The van der Waals surface area contributed by atoms with E-state index in [0.29, 0.717) is 24.2 Å². The van der Waals surface area contributed by atoms with E-state index in [0.717, 1.165) is 45.7 Å². The number of rotatable bonds is 6. The molecule has 6 heteroatoms. The van der Waals surface area contributed by atoms with Gasteiger partial charge in [0, 0.05) is 24.9 Å². The lowest BCUT2D eigenvalue weighted by molar-refractivity contribution is -0.117. The topological polar surface area (TPSA) is 44.8 Å². The summed E-state index contributed by atoms with van der Waals surface area (Å²) >= 11 is 0. The van der Waals surface area contributed by atoms with Crippen LogP contribution in [0.4, 0.5) is 10.1 Å². The van der Waals surface area contributed by atoms with Gasteiger partial charge in [0.1, 0.15) is 5.82 Å². The summed E-state index contributed by atoms with van der Waals surface area (Å²) in [5, 5.41) is 2.76. The number of hydrogen-bond acceptors (Lipinski definition) is 4. The van der Waals surface area contributed by atoms with Crippen LogP contribution in [0.25, 0.3) is 0 Å². The third-order valence-electron chi connectivity index (χ3n) is 5.22. The average molecular weight is 349 g/mol. The molecule has 0 bridgehead atoms. The average Bonchev–Trinajstić information content (AvgIpc) is 3.08. The number of benzene rings is 1. The molecule has 138 valence electrons. The van der Waals surface area contributed by atoms with Crippen molar-refractivity contribution in [1.82, 2.24) is 9.80 Å². The molecule has 0 aliphatic carbocycles. The van der Waals surface area contributed by atoms with Crippen LogP contribution in [0.3, 0.4) is 0 Å². The fourth-order valence-corrected chi connectivity index (χ4v) is 3.76. The minimum Gasteiger partial charge on any atom is -0.381 e. The van der Waals surface area contributed by atoms with E-state index in [1.54, 1.807) is 12.1 Å². The lowest BCUT2D eigenvalue weighted by Crippen LogP contribution is -2.46. The molecule has 2 saturated heterocycles. The van der Waals surface area contributed by atoms with Crippen molar-refractivity contribution in [3.8, 4) is 0 Å². The van der Waals surface area contributed by atoms with Gasteiger partial charge in [0.25, 0.3) is 0 Å². The van der Waals surface area contributed by atoms with Gasteiger partial charge in [0.15, 0.2) is 0 Å². The zero-order valence-corrected chi connectivity index (χ0v) is 14.9. The standard InChI is InChI=1S/C19H28FN3O2/c1-22(13-19(24)21-17-4-2-3-16(20)11-17)18-5-8-23(9-6-18)12-15-7-10-25-14-15/h2-4,11,15,18H,5-10,12-14H2,1H3,(H,21,24)/t15-/m1/s1.